The second-order valence-corrected chi connectivity index (χ2v) is 7.28. The lowest BCUT2D eigenvalue weighted by atomic mass is 10.1. The van der Waals surface area contributed by atoms with Crippen LogP contribution in [0.1, 0.15) is 11.9 Å². The molecule has 3 aromatic rings. The molecule has 1 amide bonds. The van der Waals surface area contributed by atoms with Crippen LogP contribution in [-0.4, -0.2) is 16.9 Å². The Bertz CT molecular complexity index is 927. The fourth-order valence-electron chi connectivity index (χ4n) is 2.38. The van der Waals surface area contributed by atoms with Crippen molar-refractivity contribution in [2.24, 2.45) is 0 Å². The van der Waals surface area contributed by atoms with E-state index >= 15 is 0 Å². The van der Waals surface area contributed by atoms with Gasteiger partial charge >= 0.3 is 0 Å². The highest BCUT2D eigenvalue weighted by atomic mass is 35.5. The van der Waals surface area contributed by atoms with Gasteiger partial charge in [0.2, 0.25) is 5.91 Å². The number of halogens is 2. The fraction of sp³-hybridized carbons (Fsp3) is 0.158. The molecule has 2 aromatic carbocycles. The SMILES string of the molecule is Cc1nc(-c2ccc(N[C@H](C)C(=O)Nc3ccc(F)cc3Cl)cc2)cs1. The molecule has 0 unspecified atom stereocenters. The molecule has 0 radical (unpaired) electrons. The van der Waals surface area contributed by atoms with Crippen molar-refractivity contribution in [2.75, 3.05) is 10.6 Å². The Morgan fingerprint density at radius 2 is 1.96 bits per heavy atom. The van der Waals surface area contributed by atoms with Crippen LogP contribution in [0, 0.1) is 12.7 Å². The van der Waals surface area contributed by atoms with Gasteiger partial charge in [0.25, 0.3) is 0 Å². The van der Waals surface area contributed by atoms with E-state index < -0.39 is 11.9 Å². The van der Waals surface area contributed by atoms with Crippen LogP contribution in [0.15, 0.2) is 47.8 Å². The molecule has 1 atom stereocenters. The number of nitrogens with zero attached hydrogens (tertiary/aromatic N) is 1. The van der Waals surface area contributed by atoms with Gasteiger partial charge in [-0.25, -0.2) is 9.37 Å². The number of thiazole rings is 1. The van der Waals surface area contributed by atoms with Crippen LogP contribution in [-0.2, 0) is 4.79 Å². The van der Waals surface area contributed by atoms with Crippen LogP contribution in [0.2, 0.25) is 5.02 Å². The third kappa shape index (κ3) is 4.39. The average molecular weight is 390 g/mol. The Kier molecular flexibility index (Phi) is 5.54. The second kappa shape index (κ2) is 7.85. The fourth-order valence-corrected chi connectivity index (χ4v) is 3.22. The van der Waals surface area contributed by atoms with E-state index in [4.69, 9.17) is 11.6 Å². The Balaban J connectivity index is 1.63. The molecule has 4 nitrogen and oxygen atoms in total. The quantitative estimate of drug-likeness (QED) is 0.618. The van der Waals surface area contributed by atoms with Crippen molar-refractivity contribution >= 4 is 40.2 Å². The lowest BCUT2D eigenvalue weighted by Gasteiger charge is -2.16. The van der Waals surface area contributed by atoms with Crippen molar-refractivity contribution in [2.45, 2.75) is 19.9 Å². The standard InChI is InChI=1S/C19H17ClFN3OS/c1-11(19(25)24-17-8-5-14(21)9-16(17)20)22-15-6-3-13(4-7-15)18-10-26-12(2)23-18/h3-11,22H,1-2H3,(H,24,25)/t11-/m1/s1. The number of nitrogens with one attached hydrogen (secondary N) is 2. The van der Waals surface area contributed by atoms with Crippen LogP contribution in [0.5, 0.6) is 0 Å². The van der Waals surface area contributed by atoms with E-state index in [1.54, 1.807) is 18.3 Å². The summed E-state index contributed by atoms with van der Waals surface area (Å²) in [6, 6.07) is 11.1. The maximum atomic E-state index is 13.1. The number of amides is 1. The molecular formula is C19H17ClFN3OS. The third-order valence-electron chi connectivity index (χ3n) is 3.77. The van der Waals surface area contributed by atoms with Crippen molar-refractivity contribution < 1.29 is 9.18 Å². The predicted octanol–water partition coefficient (Wildman–Crippen LogP) is 5.35. The Morgan fingerprint density at radius 1 is 1.23 bits per heavy atom. The Morgan fingerprint density at radius 3 is 2.58 bits per heavy atom. The molecule has 26 heavy (non-hydrogen) atoms. The number of hydrogen-bond donors (Lipinski definition) is 2. The van der Waals surface area contributed by atoms with Crippen molar-refractivity contribution in [1.29, 1.82) is 0 Å². The zero-order valence-corrected chi connectivity index (χ0v) is 15.8. The summed E-state index contributed by atoms with van der Waals surface area (Å²) in [5.74, 6) is -0.715. The lowest BCUT2D eigenvalue weighted by Crippen LogP contribution is -2.31. The minimum atomic E-state index is -0.497. The summed E-state index contributed by atoms with van der Waals surface area (Å²) in [6.07, 6.45) is 0. The van der Waals surface area contributed by atoms with Gasteiger partial charge in [-0.15, -0.1) is 11.3 Å². The number of carbonyl (C=O) groups excluding carboxylic acids is 1. The van der Waals surface area contributed by atoms with E-state index in [-0.39, 0.29) is 10.9 Å². The largest absolute Gasteiger partial charge is 0.374 e. The first-order chi connectivity index (χ1) is 12.4. The minimum Gasteiger partial charge on any atom is -0.374 e. The molecular weight excluding hydrogens is 373 g/mol. The molecule has 0 saturated carbocycles. The number of rotatable bonds is 5. The van der Waals surface area contributed by atoms with E-state index in [0.717, 1.165) is 28.0 Å². The molecule has 3 rings (SSSR count). The molecule has 0 fully saturated rings. The molecule has 2 N–H and O–H groups in total. The number of aromatic nitrogens is 1. The van der Waals surface area contributed by atoms with E-state index in [1.807, 2.05) is 36.6 Å². The highest BCUT2D eigenvalue weighted by Gasteiger charge is 2.14. The highest BCUT2D eigenvalue weighted by molar-refractivity contribution is 7.09. The van der Waals surface area contributed by atoms with E-state index in [1.165, 1.54) is 12.1 Å². The summed E-state index contributed by atoms with van der Waals surface area (Å²) in [7, 11) is 0. The summed E-state index contributed by atoms with van der Waals surface area (Å²) in [5, 5.41) is 9.01. The molecule has 7 heteroatoms. The molecule has 0 aliphatic rings. The van der Waals surface area contributed by atoms with Gasteiger partial charge in [0.1, 0.15) is 11.9 Å². The van der Waals surface area contributed by atoms with Crippen LogP contribution in [0.3, 0.4) is 0 Å². The second-order valence-electron chi connectivity index (χ2n) is 5.81. The number of aryl methyl sites for hydroxylation is 1. The summed E-state index contributed by atoms with van der Waals surface area (Å²) in [4.78, 5) is 16.8. The van der Waals surface area contributed by atoms with Gasteiger partial charge in [-0.2, -0.15) is 0 Å². The normalized spacial score (nSPS) is 11.8. The van der Waals surface area contributed by atoms with Crippen LogP contribution < -0.4 is 10.6 Å². The van der Waals surface area contributed by atoms with Crippen LogP contribution in [0.25, 0.3) is 11.3 Å². The average Bonchev–Trinajstić information content (AvgIpc) is 3.04. The summed E-state index contributed by atoms with van der Waals surface area (Å²) in [6.45, 7) is 3.71. The van der Waals surface area contributed by atoms with Crippen LogP contribution in [0.4, 0.5) is 15.8 Å². The van der Waals surface area contributed by atoms with Gasteiger partial charge in [-0.3, -0.25) is 4.79 Å². The topological polar surface area (TPSA) is 54.0 Å². The van der Waals surface area contributed by atoms with Gasteiger partial charge < -0.3 is 10.6 Å². The van der Waals surface area contributed by atoms with Crippen molar-refractivity contribution in [3.05, 3.63) is 63.7 Å². The van der Waals surface area contributed by atoms with Gasteiger partial charge in [0.15, 0.2) is 0 Å². The molecule has 0 aliphatic carbocycles. The molecule has 0 spiro atoms. The molecule has 134 valence electrons. The Hall–Kier alpha value is -2.44. The molecule has 1 heterocycles. The molecule has 1 aromatic heterocycles. The first-order valence-corrected chi connectivity index (χ1v) is 9.23. The number of benzene rings is 2. The Labute approximate surface area is 160 Å². The van der Waals surface area contributed by atoms with Crippen LogP contribution >= 0.6 is 22.9 Å². The summed E-state index contributed by atoms with van der Waals surface area (Å²) >= 11 is 7.54. The zero-order valence-electron chi connectivity index (χ0n) is 14.2. The number of hydrogen-bond acceptors (Lipinski definition) is 4. The van der Waals surface area contributed by atoms with Crippen molar-refractivity contribution in [3.63, 3.8) is 0 Å². The molecule has 0 saturated heterocycles. The third-order valence-corrected chi connectivity index (χ3v) is 4.85. The van der Waals surface area contributed by atoms with Gasteiger partial charge in [-0.05, 0) is 44.2 Å². The first kappa shape index (κ1) is 18.4. The van der Waals surface area contributed by atoms with Gasteiger partial charge in [-0.1, -0.05) is 23.7 Å². The van der Waals surface area contributed by atoms with E-state index in [2.05, 4.69) is 15.6 Å². The number of carbonyl (C=O) groups is 1. The van der Waals surface area contributed by atoms with Crippen molar-refractivity contribution in [1.82, 2.24) is 4.98 Å². The summed E-state index contributed by atoms with van der Waals surface area (Å²) < 4.78 is 13.1. The molecule has 0 bridgehead atoms. The van der Waals surface area contributed by atoms with Gasteiger partial charge in [0.05, 0.1) is 21.4 Å². The lowest BCUT2D eigenvalue weighted by molar-refractivity contribution is -0.116. The minimum absolute atomic E-state index is 0.161. The zero-order chi connectivity index (χ0) is 18.7. The van der Waals surface area contributed by atoms with E-state index in [0.29, 0.717) is 5.69 Å². The smallest absolute Gasteiger partial charge is 0.246 e. The maximum Gasteiger partial charge on any atom is 0.246 e. The highest BCUT2D eigenvalue weighted by Crippen LogP contribution is 2.24. The first-order valence-electron chi connectivity index (χ1n) is 7.97. The predicted molar refractivity (Wildman–Crippen MR) is 105 cm³/mol. The van der Waals surface area contributed by atoms with Gasteiger partial charge in [0, 0.05) is 16.6 Å². The maximum absolute atomic E-state index is 13.1. The summed E-state index contributed by atoms with van der Waals surface area (Å²) in [5.41, 5.74) is 3.15. The monoisotopic (exact) mass is 389 g/mol. The van der Waals surface area contributed by atoms with E-state index in [9.17, 15) is 9.18 Å². The molecule has 0 aliphatic heterocycles. The number of anilines is 2. The van der Waals surface area contributed by atoms with Crippen molar-refractivity contribution in [3.8, 4) is 11.3 Å².